The minimum Gasteiger partial charge on any atom is -0.339 e. The zero-order valence-electron chi connectivity index (χ0n) is 9.60. The molecule has 0 fully saturated rings. The first-order chi connectivity index (χ1) is 8.78. The minimum absolute atomic E-state index is 0.240. The van der Waals surface area contributed by atoms with Gasteiger partial charge in [0.05, 0.1) is 5.75 Å². The summed E-state index contributed by atoms with van der Waals surface area (Å²) < 4.78 is 18.0. The highest BCUT2D eigenvalue weighted by atomic mass is 35.5. The zero-order chi connectivity index (χ0) is 12.8. The molecular weight excluding hydrogens is 275 g/mol. The van der Waals surface area contributed by atoms with Crippen LogP contribution in [0.25, 0.3) is 0 Å². The van der Waals surface area contributed by atoms with Gasteiger partial charge in [0.15, 0.2) is 5.82 Å². The SMILES string of the molecule is Fc1cccc(SCc2noc(CCCCl)n2)c1. The van der Waals surface area contributed by atoms with E-state index in [0.717, 1.165) is 11.3 Å². The lowest BCUT2D eigenvalue weighted by atomic mass is 10.3. The maximum Gasteiger partial charge on any atom is 0.226 e. The molecule has 1 heterocycles. The first kappa shape index (κ1) is 13.4. The smallest absolute Gasteiger partial charge is 0.226 e. The van der Waals surface area contributed by atoms with Crippen molar-refractivity contribution in [1.29, 1.82) is 0 Å². The number of benzene rings is 1. The predicted molar refractivity (Wildman–Crippen MR) is 69.3 cm³/mol. The topological polar surface area (TPSA) is 38.9 Å². The van der Waals surface area contributed by atoms with Gasteiger partial charge in [-0.05, 0) is 24.6 Å². The third-order valence-electron chi connectivity index (χ3n) is 2.20. The second-order valence-electron chi connectivity index (χ2n) is 3.64. The Labute approximate surface area is 114 Å². The average Bonchev–Trinajstić information content (AvgIpc) is 2.82. The van der Waals surface area contributed by atoms with Gasteiger partial charge in [0, 0.05) is 17.2 Å². The molecule has 0 aliphatic rings. The Balaban J connectivity index is 1.88. The Morgan fingerprint density at radius 3 is 3.06 bits per heavy atom. The molecule has 1 aromatic heterocycles. The van der Waals surface area contributed by atoms with Crippen LogP contribution in [0.4, 0.5) is 4.39 Å². The van der Waals surface area contributed by atoms with E-state index in [1.54, 1.807) is 6.07 Å². The number of aromatic nitrogens is 2. The molecule has 0 radical (unpaired) electrons. The molecule has 6 heteroatoms. The highest BCUT2D eigenvalue weighted by molar-refractivity contribution is 7.98. The second-order valence-corrected chi connectivity index (χ2v) is 5.07. The first-order valence-electron chi connectivity index (χ1n) is 5.54. The Morgan fingerprint density at radius 1 is 1.39 bits per heavy atom. The van der Waals surface area contributed by atoms with Crippen molar-refractivity contribution < 1.29 is 8.91 Å². The summed E-state index contributed by atoms with van der Waals surface area (Å²) in [5.74, 6) is 2.12. The van der Waals surface area contributed by atoms with Crippen molar-refractivity contribution in [2.45, 2.75) is 23.5 Å². The predicted octanol–water partition coefficient (Wildman–Crippen LogP) is 3.67. The molecule has 0 aliphatic carbocycles. The summed E-state index contributed by atoms with van der Waals surface area (Å²) in [6, 6.07) is 6.43. The Bertz CT molecular complexity index is 506. The van der Waals surface area contributed by atoms with Gasteiger partial charge in [-0.15, -0.1) is 23.4 Å². The van der Waals surface area contributed by atoms with Crippen LogP contribution in [0.5, 0.6) is 0 Å². The van der Waals surface area contributed by atoms with Gasteiger partial charge in [-0.3, -0.25) is 0 Å². The van der Waals surface area contributed by atoms with Crippen molar-refractivity contribution in [2.75, 3.05) is 5.88 Å². The van der Waals surface area contributed by atoms with E-state index in [2.05, 4.69) is 10.1 Å². The number of halogens is 2. The lowest BCUT2D eigenvalue weighted by Gasteiger charge is -1.97. The molecule has 2 rings (SSSR count). The van der Waals surface area contributed by atoms with Crippen molar-refractivity contribution in [2.24, 2.45) is 0 Å². The van der Waals surface area contributed by atoms with Gasteiger partial charge >= 0.3 is 0 Å². The van der Waals surface area contributed by atoms with Gasteiger partial charge in [-0.1, -0.05) is 11.2 Å². The van der Waals surface area contributed by atoms with Gasteiger partial charge in [0.1, 0.15) is 5.82 Å². The number of hydrogen-bond donors (Lipinski definition) is 0. The number of alkyl halides is 1. The number of aryl methyl sites for hydroxylation is 1. The lowest BCUT2D eigenvalue weighted by Crippen LogP contribution is -1.88. The molecule has 0 N–H and O–H groups in total. The molecule has 18 heavy (non-hydrogen) atoms. The fourth-order valence-corrected chi connectivity index (χ4v) is 2.29. The van der Waals surface area contributed by atoms with Crippen LogP contribution in [0, 0.1) is 5.82 Å². The van der Waals surface area contributed by atoms with E-state index >= 15 is 0 Å². The molecule has 2 aromatic rings. The van der Waals surface area contributed by atoms with E-state index in [1.807, 2.05) is 6.07 Å². The fourth-order valence-electron chi connectivity index (χ4n) is 1.37. The number of hydrogen-bond acceptors (Lipinski definition) is 4. The molecule has 0 saturated heterocycles. The number of nitrogens with zero attached hydrogens (tertiary/aromatic N) is 2. The summed E-state index contributed by atoms with van der Waals surface area (Å²) in [5.41, 5.74) is 0. The summed E-state index contributed by atoms with van der Waals surface area (Å²) in [5, 5.41) is 3.86. The molecule has 1 aromatic carbocycles. The van der Waals surface area contributed by atoms with Crippen molar-refractivity contribution in [1.82, 2.24) is 10.1 Å². The van der Waals surface area contributed by atoms with Crippen molar-refractivity contribution >= 4 is 23.4 Å². The molecule has 0 bridgehead atoms. The maximum absolute atomic E-state index is 13.0. The van der Waals surface area contributed by atoms with Crippen LogP contribution < -0.4 is 0 Å². The van der Waals surface area contributed by atoms with Crippen molar-refractivity contribution in [3.63, 3.8) is 0 Å². The van der Waals surface area contributed by atoms with Crippen LogP contribution in [0.1, 0.15) is 18.1 Å². The monoisotopic (exact) mass is 286 g/mol. The minimum atomic E-state index is -0.240. The standard InChI is InChI=1S/C12H12ClFN2OS/c13-6-2-5-12-15-11(16-17-12)8-18-10-4-1-3-9(14)7-10/h1,3-4,7H,2,5-6,8H2. The maximum atomic E-state index is 13.0. The van der Waals surface area contributed by atoms with Crippen LogP contribution in [0.2, 0.25) is 0 Å². The summed E-state index contributed by atoms with van der Waals surface area (Å²) in [4.78, 5) is 5.08. The molecule has 0 atom stereocenters. The van der Waals surface area contributed by atoms with Crippen LogP contribution >= 0.6 is 23.4 Å². The molecule has 0 spiro atoms. The van der Waals surface area contributed by atoms with Gasteiger partial charge in [0.25, 0.3) is 0 Å². The number of rotatable bonds is 6. The highest BCUT2D eigenvalue weighted by Gasteiger charge is 2.06. The van der Waals surface area contributed by atoms with Crippen LogP contribution in [0.3, 0.4) is 0 Å². The van der Waals surface area contributed by atoms with Gasteiger partial charge < -0.3 is 4.52 Å². The van der Waals surface area contributed by atoms with Crippen molar-refractivity contribution in [3.05, 3.63) is 41.8 Å². The van der Waals surface area contributed by atoms with E-state index in [0.29, 0.717) is 29.8 Å². The van der Waals surface area contributed by atoms with E-state index in [1.165, 1.54) is 23.9 Å². The highest BCUT2D eigenvalue weighted by Crippen LogP contribution is 2.22. The Hall–Kier alpha value is -1.07. The third-order valence-corrected chi connectivity index (χ3v) is 3.46. The molecule has 0 aliphatic heterocycles. The quantitative estimate of drug-likeness (QED) is 0.600. The molecule has 0 saturated carbocycles. The Morgan fingerprint density at radius 2 is 2.28 bits per heavy atom. The zero-order valence-corrected chi connectivity index (χ0v) is 11.2. The van der Waals surface area contributed by atoms with E-state index in [9.17, 15) is 4.39 Å². The van der Waals surface area contributed by atoms with Crippen LogP contribution in [-0.4, -0.2) is 16.0 Å². The molecule has 96 valence electrons. The van der Waals surface area contributed by atoms with Crippen molar-refractivity contribution in [3.8, 4) is 0 Å². The Kier molecular flexibility index (Phi) is 5.01. The molecular formula is C12H12ClFN2OS. The fraction of sp³-hybridized carbons (Fsp3) is 0.333. The largest absolute Gasteiger partial charge is 0.339 e. The molecule has 0 amide bonds. The second kappa shape index (κ2) is 6.75. The molecule has 0 unspecified atom stereocenters. The van der Waals surface area contributed by atoms with E-state index in [-0.39, 0.29) is 5.82 Å². The lowest BCUT2D eigenvalue weighted by molar-refractivity contribution is 0.373. The third kappa shape index (κ3) is 3.99. The van der Waals surface area contributed by atoms with Gasteiger partial charge in [-0.2, -0.15) is 4.98 Å². The normalized spacial score (nSPS) is 10.8. The summed E-state index contributed by atoms with van der Waals surface area (Å²) in [6.07, 6.45) is 1.52. The average molecular weight is 287 g/mol. The first-order valence-corrected chi connectivity index (χ1v) is 7.06. The summed E-state index contributed by atoms with van der Waals surface area (Å²) in [6.45, 7) is 0. The van der Waals surface area contributed by atoms with E-state index in [4.69, 9.17) is 16.1 Å². The summed E-state index contributed by atoms with van der Waals surface area (Å²) >= 11 is 7.06. The van der Waals surface area contributed by atoms with Gasteiger partial charge in [0.2, 0.25) is 5.89 Å². The van der Waals surface area contributed by atoms with Crippen LogP contribution in [0.15, 0.2) is 33.7 Å². The van der Waals surface area contributed by atoms with Crippen LogP contribution in [-0.2, 0) is 12.2 Å². The molecule has 3 nitrogen and oxygen atoms in total. The number of thioether (sulfide) groups is 1. The summed E-state index contributed by atoms with van der Waals surface area (Å²) in [7, 11) is 0. The van der Waals surface area contributed by atoms with Gasteiger partial charge in [-0.25, -0.2) is 4.39 Å². The van der Waals surface area contributed by atoms with E-state index < -0.39 is 0 Å².